The predicted molar refractivity (Wildman–Crippen MR) is 57.9 cm³/mol. The number of ether oxygens (including phenoxy) is 1. The summed E-state index contributed by atoms with van der Waals surface area (Å²) in [6.45, 7) is -0.585. The van der Waals surface area contributed by atoms with E-state index in [1.165, 1.54) is 12.1 Å². The first-order chi connectivity index (χ1) is 8.46. The van der Waals surface area contributed by atoms with Crippen molar-refractivity contribution < 1.29 is 22.3 Å². The zero-order chi connectivity index (χ0) is 13.2. The lowest BCUT2D eigenvalue weighted by atomic mass is 10.0. The summed E-state index contributed by atoms with van der Waals surface area (Å²) in [5.74, 6) is -0.383. The van der Waals surface area contributed by atoms with Crippen LogP contribution in [0.4, 0.5) is 17.6 Å². The molecule has 1 aromatic carbocycles. The van der Waals surface area contributed by atoms with Gasteiger partial charge in [0.2, 0.25) is 0 Å². The van der Waals surface area contributed by atoms with Crippen molar-refractivity contribution in [1.29, 1.82) is 0 Å². The van der Waals surface area contributed by atoms with Gasteiger partial charge in [-0.05, 0) is 37.6 Å². The van der Waals surface area contributed by atoms with Gasteiger partial charge < -0.3 is 10.1 Å². The summed E-state index contributed by atoms with van der Waals surface area (Å²) in [5, 5.41) is 3.11. The van der Waals surface area contributed by atoms with Crippen molar-refractivity contribution >= 4 is 0 Å². The lowest BCUT2D eigenvalue weighted by Crippen LogP contribution is -2.21. The minimum Gasteiger partial charge on any atom is -0.484 e. The largest absolute Gasteiger partial charge is 0.484 e. The maximum absolute atomic E-state index is 13.2. The van der Waals surface area contributed by atoms with E-state index in [9.17, 15) is 17.6 Å². The van der Waals surface area contributed by atoms with E-state index in [1.54, 1.807) is 0 Å². The van der Waals surface area contributed by atoms with E-state index in [2.05, 4.69) is 5.32 Å². The molecule has 2 rings (SSSR count). The van der Waals surface area contributed by atoms with Gasteiger partial charge in [0.1, 0.15) is 11.6 Å². The Balaban J connectivity index is 2.17. The number of hydrogen-bond acceptors (Lipinski definition) is 2. The number of halogens is 4. The fourth-order valence-electron chi connectivity index (χ4n) is 2.03. The van der Waals surface area contributed by atoms with Crippen molar-refractivity contribution in [2.45, 2.75) is 25.1 Å². The molecular formula is C12H13F4NO. The molecule has 0 aliphatic carbocycles. The second-order valence-corrected chi connectivity index (χ2v) is 4.23. The van der Waals surface area contributed by atoms with Crippen LogP contribution in [0.25, 0.3) is 0 Å². The first kappa shape index (κ1) is 13.1. The Morgan fingerprint density at radius 1 is 1.33 bits per heavy atom. The van der Waals surface area contributed by atoms with Crippen LogP contribution >= 0.6 is 0 Å². The molecule has 6 heteroatoms. The van der Waals surface area contributed by atoms with E-state index in [-0.39, 0.29) is 11.8 Å². The molecule has 1 fully saturated rings. The number of benzene rings is 1. The second-order valence-electron chi connectivity index (χ2n) is 4.23. The van der Waals surface area contributed by atoms with Crippen LogP contribution in [0.2, 0.25) is 0 Å². The first-order valence-electron chi connectivity index (χ1n) is 5.68. The number of hydrogen-bond donors (Lipinski definition) is 1. The Morgan fingerprint density at radius 2 is 2.11 bits per heavy atom. The molecule has 1 aromatic rings. The molecule has 18 heavy (non-hydrogen) atoms. The average Bonchev–Trinajstić information content (AvgIpc) is 2.79. The van der Waals surface area contributed by atoms with Gasteiger partial charge in [0.15, 0.2) is 6.61 Å². The molecule has 0 aromatic heterocycles. The second kappa shape index (κ2) is 5.14. The van der Waals surface area contributed by atoms with Crippen molar-refractivity contribution in [3.63, 3.8) is 0 Å². The van der Waals surface area contributed by atoms with Crippen LogP contribution in [0, 0.1) is 5.82 Å². The summed E-state index contributed by atoms with van der Waals surface area (Å²) in [6.07, 6.45) is -2.71. The zero-order valence-electron chi connectivity index (χ0n) is 9.56. The zero-order valence-corrected chi connectivity index (χ0v) is 9.56. The topological polar surface area (TPSA) is 21.3 Å². The summed E-state index contributed by atoms with van der Waals surface area (Å²) in [4.78, 5) is 0. The molecule has 1 N–H and O–H groups in total. The van der Waals surface area contributed by atoms with E-state index >= 15 is 0 Å². The maximum atomic E-state index is 13.2. The third-order valence-corrected chi connectivity index (χ3v) is 2.80. The van der Waals surface area contributed by atoms with Crippen LogP contribution < -0.4 is 10.1 Å². The predicted octanol–water partition coefficient (Wildman–Crippen LogP) is 3.19. The summed E-state index contributed by atoms with van der Waals surface area (Å²) in [6, 6.07) is 3.44. The Labute approximate surface area is 102 Å². The van der Waals surface area contributed by atoms with Gasteiger partial charge in [0.25, 0.3) is 0 Å². The molecule has 1 aliphatic heterocycles. The van der Waals surface area contributed by atoms with E-state index in [0.717, 1.165) is 25.5 Å². The van der Waals surface area contributed by atoms with E-state index < -0.39 is 18.6 Å². The van der Waals surface area contributed by atoms with Crippen LogP contribution in [0.3, 0.4) is 0 Å². The molecule has 1 unspecified atom stereocenters. The van der Waals surface area contributed by atoms with E-state index in [4.69, 9.17) is 4.74 Å². The molecule has 1 atom stereocenters. The molecule has 0 saturated carbocycles. The number of alkyl halides is 3. The molecule has 0 radical (unpaired) electrons. The molecule has 0 spiro atoms. The first-order valence-corrected chi connectivity index (χ1v) is 5.68. The minimum absolute atomic E-state index is 0.0909. The highest BCUT2D eigenvalue weighted by Crippen LogP contribution is 2.32. The molecule has 0 amide bonds. The molecule has 1 saturated heterocycles. The number of nitrogens with one attached hydrogen (secondary N) is 1. The van der Waals surface area contributed by atoms with Gasteiger partial charge in [-0.25, -0.2) is 4.39 Å². The third-order valence-electron chi connectivity index (χ3n) is 2.80. The van der Waals surface area contributed by atoms with Crippen LogP contribution in [-0.2, 0) is 0 Å². The molecule has 2 nitrogen and oxygen atoms in total. The Kier molecular flexibility index (Phi) is 3.75. The van der Waals surface area contributed by atoms with Gasteiger partial charge in [0, 0.05) is 11.6 Å². The van der Waals surface area contributed by atoms with Crippen molar-refractivity contribution in [3.05, 3.63) is 29.6 Å². The number of rotatable bonds is 3. The maximum Gasteiger partial charge on any atom is 0.422 e. The summed E-state index contributed by atoms with van der Waals surface area (Å²) < 4.78 is 54.3. The van der Waals surface area contributed by atoms with Crippen molar-refractivity contribution in [2.75, 3.05) is 13.2 Å². The highest BCUT2D eigenvalue weighted by molar-refractivity contribution is 5.37. The summed E-state index contributed by atoms with van der Waals surface area (Å²) >= 11 is 0. The van der Waals surface area contributed by atoms with Gasteiger partial charge in [-0.2, -0.15) is 13.2 Å². The van der Waals surface area contributed by atoms with Crippen LogP contribution in [0.15, 0.2) is 18.2 Å². The van der Waals surface area contributed by atoms with Gasteiger partial charge in [0.05, 0.1) is 0 Å². The van der Waals surface area contributed by atoms with Crippen LogP contribution in [-0.4, -0.2) is 19.3 Å². The molecular weight excluding hydrogens is 250 g/mol. The van der Waals surface area contributed by atoms with Gasteiger partial charge in [-0.3, -0.25) is 0 Å². The highest BCUT2D eigenvalue weighted by atomic mass is 19.4. The fourth-order valence-corrected chi connectivity index (χ4v) is 2.03. The normalized spacial score (nSPS) is 20.1. The Bertz CT molecular complexity index is 413. The standard InChI is InChI=1S/C12H13F4NO/c13-8-3-4-11(18-7-12(14,15)16)9(6-8)10-2-1-5-17-10/h3-4,6,10,17H,1-2,5,7H2. The monoisotopic (exact) mass is 263 g/mol. The molecule has 100 valence electrons. The lowest BCUT2D eigenvalue weighted by Gasteiger charge is -2.17. The Hall–Kier alpha value is -1.30. The molecule has 1 heterocycles. The van der Waals surface area contributed by atoms with Crippen molar-refractivity contribution in [3.8, 4) is 5.75 Å². The van der Waals surface area contributed by atoms with E-state index in [0.29, 0.717) is 5.56 Å². The van der Waals surface area contributed by atoms with Crippen LogP contribution in [0.1, 0.15) is 24.4 Å². The highest BCUT2D eigenvalue weighted by Gasteiger charge is 2.29. The summed E-state index contributed by atoms with van der Waals surface area (Å²) in [5.41, 5.74) is 0.455. The quantitative estimate of drug-likeness (QED) is 0.846. The van der Waals surface area contributed by atoms with Gasteiger partial charge in [-0.1, -0.05) is 0 Å². The molecule has 0 bridgehead atoms. The fraction of sp³-hybridized carbons (Fsp3) is 0.500. The SMILES string of the molecule is Fc1ccc(OCC(F)(F)F)c(C2CCCN2)c1. The smallest absolute Gasteiger partial charge is 0.422 e. The minimum atomic E-state index is -4.39. The van der Waals surface area contributed by atoms with Crippen LogP contribution in [0.5, 0.6) is 5.75 Å². The molecule has 1 aliphatic rings. The average molecular weight is 263 g/mol. The van der Waals surface area contributed by atoms with Gasteiger partial charge >= 0.3 is 6.18 Å². The third kappa shape index (κ3) is 3.35. The Morgan fingerprint density at radius 3 is 2.72 bits per heavy atom. The van der Waals surface area contributed by atoms with E-state index in [1.807, 2.05) is 0 Å². The lowest BCUT2D eigenvalue weighted by molar-refractivity contribution is -0.153. The van der Waals surface area contributed by atoms with Crippen molar-refractivity contribution in [2.24, 2.45) is 0 Å². The van der Waals surface area contributed by atoms with Gasteiger partial charge in [-0.15, -0.1) is 0 Å². The summed E-state index contributed by atoms with van der Waals surface area (Å²) in [7, 11) is 0. The van der Waals surface area contributed by atoms with Crippen molar-refractivity contribution in [1.82, 2.24) is 5.32 Å².